The van der Waals surface area contributed by atoms with Gasteiger partial charge in [0.05, 0.1) is 12.1 Å². The number of hydrogen-bond acceptors (Lipinski definition) is 1. The summed E-state index contributed by atoms with van der Waals surface area (Å²) in [6, 6.07) is 2.69. The minimum absolute atomic E-state index is 0. The van der Waals surface area contributed by atoms with Gasteiger partial charge in [0, 0.05) is 5.56 Å². The summed E-state index contributed by atoms with van der Waals surface area (Å²) in [6.07, 6.45) is -4.63. The van der Waals surface area contributed by atoms with Crippen LogP contribution in [0.15, 0.2) is 23.2 Å². The maximum atomic E-state index is 13.2. The van der Waals surface area contributed by atoms with E-state index in [1.54, 1.807) is 0 Å². The highest BCUT2D eigenvalue weighted by Gasteiger charge is 2.34. The first-order chi connectivity index (χ1) is 7.32. The summed E-state index contributed by atoms with van der Waals surface area (Å²) in [7, 11) is 0. The molecule has 1 aromatic carbocycles. The zero-order valence-electron chi connectivity index (χ0n) is 8.46. The van der Waals surface area contributed by atoms with Gasteiger partial charge in [0.15, 0.2) is 5.96 Å². The quantitative estimate of drug-likeness (QED) is 0.491. The minimum atomic E-state index is -4.63. The monoisotopic (exact) mass is 271 g/mol. The van der Waals surface area contributed by atoms with Crippen molar-refractivity contribution in [2.45, 2.75) is 12.7 Å². The van der Waals surface area contributed by atoms with Crippen LogP contribution >= 0.6 is 12.4 Å². The van der Waals surface area contributed by atoms with E-state index in [-0.39, 0.29) is 12.4 Å². The van der Waals surface area contributed by atoms with Crippen molar-refractivity contribution in [3.05, 3.63) is 35.1 Å². The van der Waals surface area contributed by atoms with Gasteiger partial charge in [-0.25, -0.2) is 9.38 Å². The van der Waals surface area contributed by atoms with Crippen molar-refractivity contribution in [2.75, 3.05) is 0 Å². The van der Waals surface area contributed by atoms with E-state index in [0.717, 1.165) is 18.2 Å². The Labute approximate surface area is 101 Å². The van der Waals surface area contributed by atoms with Crippen LogP contribution in [0.2, 0.25) is 0 Å². The van der Waals surface area contributed by atoms with Crippen molar-refractivity contribution >= 4 is 18.4 Å². The first-order valence-electron chi connectivity index (χ1n) is 4.22. The molecule has 0 aliphatic carbocycles. The summed E-state index contributed by atoms with van der Waals surface area (Å²) in [5.74, 6) is -1.38. The zero-order valence-corrected chi connectivity index (χ0v) is 9.28. The molecule has 0 saturated heterocycles. The molecule has 4 N–H and O–H groups in total. The van der Waals surface area contributed by atoms with Gasteiger partial charge in [-0.2, -0.15) is 13.2 Å². The maximum absolute atomic E-state index is 13.2. The van der Waals surface area contributed by atoms with Crippen molar-refractivity contribution in [3.63, 3.8) is 0 Å². The molecule has 1 rings (SSSR count). The van der Waals surface area contributed by atoms with Gasteiger partial charge in [0.25, 0.3) is 0 Å². The van der Waals surface area contributed by atoms with Gasteiger partial charge in [0.2, 0.25) is 0 Å². The molecule has 0 spiro atoms. The Balaban J connectivity index is 0.00000256. The summed E-state index contributed by atoms with van der Waals surface area (Å²) in [4.78, 5) is 3.36. The van der Waals surface area contributed by atoms with Gasteiger partial charge >= 0.3 is 6.18 Å². The van der Waals surface area contributed by atoms with Crippen LogP contribution in [0.1, 0.15) is 11.1 Å². The van der Waals surface area contributed by atoms with E-state index in [1.807, 2.05) is 0 Å². The molecular formula is C9H10ClF4N3. The second kappa shape index (κ2) is 5.72. The smallest absolute Gasteiger partial charge is 0.370 e. The number of rotatable bonds is 2. The molecule has 0 amide bonds. The molecule has 96 valence electrons. The molecular weight excluding hydrogens is 262 g/mol. The third-order valence-corrected chi connectivity index (χ3v) is 1.84. The van der Waals surface area contributed by atoms with E-state index in [0.29, 0.717) is 0 Å². The van der Waals surface area contributed by atoms with Crippen LogP contribution in [0.4, 0.5) is 17.6 Å². The normalized spacial score (nSPS) is 10.6. The number of benzene rings is 1. The lowest BCUT2D eigenvalue weighted by atomic mass is 10.1. The topological polar surface area (TPSA) is 64.4 Å². The fourth-order valence-corrected chi connectivity index (χ4v) is 1.16. The van der Waals surface area contributed by atoms with Crippen LogP contribution in [-0.2, 0) is 12.7 Å². The number of aliphatic imine (C=N–C) groups is 1. The molecule has 0 aromatic heterocycles. The Hall–Kier alpha value is -1.50. The standard InChI is InChI=1S/C9H9F4N3.ClH/c10-7-3-1-2-6(9(11,12)13)5(7)4-16-8(14)15;/h1-3H,4H2,(H4,14,15,16);1H. The molecule has 1 aromatic rings. The van der Waals surface area contributed by atoms with E-state index in [4.69, 9.17) is 11.5 Å². The van der Waals surface area contributed by atoms with E-state index in [9.17, 15) is 17.6 Å². The van der Waals surface area contributed by atoms with Crippen molar-refractivity contribution < 1.29 is 17.6 Å². The lowest BCUT2D eigenvalue weighted by Gasteiger charge is -2.11. The number of nitrogens with two attached hydrogens (primary N) is 2. The van der Waals surface area contributed by atoms with Crippen LogP contribution in [0.3, 0.4) is 0 Å². The molecule has 0 fully saturated rings. The van der Waals surface area contributed by atoms with Gasteiger partial charge in [-0.1, -0.05) is 6.07 Å². The number of nitrogens with zero attached hydrogens (tertiary/aromatic N) is 1. The summed E-state index contributed by atoms with van der Waals surface area (Å²) in [5, 5.41) is 0. The highest BCUT2D eigenvalue weighted by atomic mass is 35.5. The lowest BCUT2D eigenvalue weighted by molar-refractivity contribution is -0.138. The predicted octanol–water partition coefficient (Wildman–Crippen LogP) is 2.04. The van der Waals surface area contributed by atoms with Gasteiger partial charge < -0.3 is 11.5 Å². The second-order valence-electron chi connectivity index (χ2n) is 3.00. The Morgan fingerprint density at radius 3 is 2.29 bits per heavy atom. The van der Waals surface area contributed by atoms with Crippen molar-refractivity contribution in [1.82, 2.24) is 0 Å². The Bertz CT molecular complexity index is 413. The fraction of sp³-hybridized carbons (Fsp3) is 0.222. The Morgan fingerprint density at radius 1 is 1.24 bits per heavy atom. The fourth-order valence-electron chi connectivity index (χ4n) is 1.16. The van der Waals surface area contributed by atoms with Gasteiger partial charge in [-0.3, -0.25) is 0 Å². The molecule has 0 unspecified atom stereocenters. The van der Waals surface area contributed by atoms with E-state index in [2.05, 4.69) is 4.99 Å². The average Bonchev–Trinajstić information content (AvgIpc) is 2.13. The van der Waals surface area contributed by atoms with E-state index >= 15 is 0 Å². The van der Waals surface area contributed by atoms with Crippen molar-refractivity contribution in [2.24, 2.45) is 16.5 Å². The van der Waals surface area contributed by atoms with Crippen molar-refractivity contribution in [1.29, 1.82) is 0 Å². The van der Waals surface area contributed by atoms with Gasteiger partial charge in [-0.05, 0) is 12.1 Å². The van der Waals surface area contributed by atoms with Crippen LogP contribution < -0.4 is 11.5 Å². The first kappa shape index (κ1) is 15.5. The van der Waals surface area contributed by atoms with Crippen LogP contribution in [0.25, 0.3) is 0 Å². The molecule has 17 heavy (non-hydrogen) atoms. The summed E-state index contributed by atoms with van der Waals surface area (Å²) in [6.45, 7) is -0.538. The molecule has 8 heteroatoms. The maximum Gasteiger partial charge on any atom is 0.416 e. The molecule has 0 bridgehead atoms. The lowest BCUT2D eigenvalue weighted by Crippen LogP contribution is -2.23. The first-order valence-corrected chi connectivity index (χ1v) is 4.22. The molecule has 0 heterocycles. The molecule has 0 aliphatic heterocycles. The van der Waals surface area contributed by atoms with Crippen molar-refractivity contribution in [3.8, 4) is 0 Å². The number of hydrogen-bond donors (Lipinski definition) is 2. The minimum Gasteiger partial charge on any atom is -0.370 e. The molecule has 0 radical (unpaired) electrons. The SMILES string of the molecule is Cl.NC(N)=NCc1c(F)cccc1C(F)(F)F. The molecule has 0 aliphatic rings. The van der Waals surface area contributed by atoms with Crippen LogP contribution in [0.5, 0.6) is 0 Å². The molecule has 0 atom stereocenters. The van der Waals surface area contributed by atoms with Crippen LogP contribution in [0, 0.1) is 5.82 Å². The van der Waals surface area contributed by atoms with Gasteiger partial charge in [0.1, 0.15) is 5.82 Å². The predicted molar refractivity (Wildman–Crippen MR) is 58.2 cm³/mol. The highest BCUT2D eigenvalue weighted by Crippen LogP contribution is 2.33. The average molecular weight is 272 g/mol. The summed E-state index contributed by atoms with van der Waals surface area (Å²) >= 11 is 0. The number of halogens is 5. The second-order valence-corrected chi connectivity index (χ2v) is 3.00. The number of alkyl halides is 3. The Kier molecular flexibility index (Phi) is 5.21. The summed E-state index contributed by atoms with van der Waals surface area (Å²) < 4.78 is 50.6. The van der Waals surface area contributed by atoms with Gasteiger partial charge in [-0.15, -0.1) is 12.4 Å². The molecule has 3 nitrogen and oxygen atoms in total. The summed E-state index contributed by atoms with van der Waals surface area (Å²) in [5.41, 5.74) is 8.31. The Morgan fingerprint density at radius 2 is 1.82 bits per heavy atom. The zero-order chi connectivity index (χ0) is 12.3. The number of guanidine groups is 1. The van der Waals surface area contributed by atoms with E-state index < -0.39 is 35.6 Å². The van der Waals surface area contributed by atoms with E-state index in [1.165, 1.54) is 0 Å². The van der Waals surface area contributed by atoms with Crippen LogP contribution in [-0.4, -0.2) is 5.96 Å². The largest absolute Gasteiger partial charge is 0.416 e. The third kappa shape index (κ3) is 4.10. The highest BCUT2D eigenvalue weighted by molar-refractivity contribution is 5.85. The third-order valence-electron chi connectivity index (χ3n) is 1.84. The molecule has 0 saturated carbocycles.